The molecule has 1 aromatic carbocycles. The lowest BCUT2D eigenvalue weighted by molar-refractivity contribution is -0.385. The number of hydrogen-bond acceptors (Lipinski definition) is 4. The number of esters is 1. The normalized spacial score (nSPS) is 11.2. The second-order valence-electron chi connectivity index (χ2n) is 3.85. The van der Waals surface area contributed by atoms with Crippen molar-refractivity contribution in [3.8, 4) is 0 Å². The first-order valence-electron chi connectivity index (χ1n) is 5.56. The Labute approximate surface area is 105 Å². The Kier molecular flexibility index (Phi) is 4.59. The number of carbonyl (C=O) groups is 1. The monoisotopic (exact) mass is 249 g/mol. The fourth-order valence-electron chi connectivity index (χ4n) is 1.47. The molecule has 5 heteroatoms. The molecule has 5 nitrogen and oxygen atoms in total. The molecule has 0 heterocycles. The Morgan fingerprint density at radius 2 is 2.17 bits per heavy atom. The topological polar surface area (TPSA) is 69.4 Å². The van der Waals surface area contributed by atoms with Crippen LogP contribution in [0.2, 0.25) is 0 Å². The van der Waals surface area contributed by atoms with Gasteiger partial charge in [-0.2, -0.15) is 0 Å². The summed E-state index contributed by atoms with van der Waals surface area (Å²) in [6, 6.07) is 4.82. The van der Waals surface area contributed by atoms with Gasteiger partial charge in [0.2, 0.25) is 0 Å². The molecule has 1 aromatic rings. The number of nitrogens with zero attached hydrogens (tertiary/aromatic N) is 1. The number of hydrogen-bond donors (Lipinski definition) is 0. The fourth-order valence-corrected chi connectivity index (χ4v) is 1.47. The third-order valence-electron chi connectivity index (χ3n) is 2.41. The van der Waals surface area contributed by atoms with Gasteiger partial charge in [-0.15, -0.1) is 0 Å². The SMILES string of the molecule is CCOC(=O)/C(C)=C/c1ccc(C)c([N+](=O)[O-])c1. The van der Waals surface area contributed by atoms with Crippen LogP contribution < -0.4 is 0 Å². The summed E-state index contributed by atoms with van der Waals surface area (Å²) in [7, 11) is 0. The highest BCUT2D eigenvalue weighted by atomic mass is 16.6. The third kappa shape index (κ3) is 3.41. The molecule has 0 bridgehead atoms. The van der Waals surface area contributed by atoms with Gasteiger partial charge < -0.3 is 4.74 Å². The molecule has 0 unspecified atom stereocenters. The van der Waals surface area contributed by atoms with E-state index in [0.29, 0.717) is 23.3 Å². The van der Waals surface area contributed by atoms with E-state index in [1.165, 1.54) is 6.07 Å². The van der Waals surface area contributed by atoms with Gasteiger partial charge in [0.15, 0.2) is 0 Å². The summed E-state index contributed by atoms with van der Waals surface area (Å²) in [6.07, 6.45) is 1.57. The van der Waals surface area contributed by atoms with Crippen LogP contribution in [0.1, 0.15) is 25.0 Å². The minimum atomic E-state index is -0.438. The van der Waals surface area contributed by atoms with E-state index in [0.717, 1.165) is 0 Å². The van der Waals surface area contributed by atoms with Gasteiger partial charge in [-0.05, 0) is 32.4 Å². The molecular weight excluding hydrogens is 234 g/mol. The number of rotatable bonds is 4. The molecular formula is C13H15NO4. The first kappa shape index (κ1) is 13.9. The van der Waals surface area contributed by atoms with Crippen molar-refractivity contribution in [2.24, 2.45) is 0 Å². The molecule has 1 rings (SSSR count). The van der Waals surface area contributed by atoms with Gasteiger partial charge in [-0.25, -0.2) is 4.79 Å². The maximum Gasteiger partial charge on any atom is 0.333 e. The van der Waals surface area contributed by atoms with E-state index in [1.54, 1.807) is 39.0 Å². The third-order valence-corrected chi connectivity index (χ3v) is 2.41. The summed E-state index contributed by atoms with van der Waals surface area (Å²) in [5.41, 5.74) is 1.65. The molecule has 0 atom stereocenters. The Hall–Kier alpha value is -2.17. The van der Waals surface area contributed by atoms with Crippen molar-refractivity contribution >= 4 is 17.7 Å². The van der Waals surface area contributed by atoms with E-state index < -0.39 is 10.9 Å². The Morgan fingerprint density at radius 3 is 2.72 bits per heavy atom. The van der Waals surface area contributed by atoms with Crippen molar-refractivity contribution in [2.45, 2.75) is 20.8 Å². The van der Waals surface area contributed by atoms with Crippen LogP contribution >= 0.6 is 0 Å². The molecule has 0 radical (unpaired) electrons. The lowest BCUT2D eigenvalue weighted by Gasteiger charge is -2.02. The van der Waals surface area contributed by atoms with Crippen LogP contribution in [-0.4, -0.2) is 17.5 Å². The maximum atomic E-state index is 11.4. The van der Waals surface area contributed by atoms with Crippen molar-refractivity contribution in [1.82, 2.24) is 0 Å². The van der Waals surface area contributed by atoms with Gasteiger partial charge in [0.25, 0.3) is 5.69 Å². The summed E-state index contributed by atoms with van der Waals surface area (Å²) < 4.78 is 4.84. The van der Waals surface area contributed by atoms with E-state index in [9.17, 15) is 14.9 Å². The lowest BCUT2D eigenvalue weighted by Crippen LogP contribution is -2.04. The number of ether oxygens (including phenoxy) is 1. The summed E-state index contributed by atoms with van der Waals surface area (Å²) in [6.45, 7) is 5.31. The molecule has 0 fully saturated rings. The summed E-state index contributed by atoms with van der Waals surface area (Å²) in [5, 5.41) is 10.8. The van der Waals surface area contributed by atoms with Gasteiger partial charge in [0, 0.05) is 17.2 Å². The zero-order chi connectivity index (χ0) is 13.7. The van der Waals surface area contributed by atoms with Gasteiger partial charge in [0.1, 0.15) is 0 Å². The van der Waals surface area contributed by atoms with Gasteiger partial charge in [0.05, 0.1) is 11.5 Å². The molecule has 0 spiro atoms. The average Bonchev–Trinajstić information content (AvgIpc) is 2.31. The predicted octanol–water partition coefficient (Wildman–Crippen LogP) is 2.87. The molecule has 18 heavy (non-hydrogen) atoms. The quantitative estimate of drug-likeness (QED) is 0.356. The maximum absolute atomic E-state index is 11.4. The first-order chi connectivity index (χ1) is 8.45. The van der Waals surface area contributed by atoms with Crippen LogP contribution in [0.3, 0.4) is 0 Å². The van der Waals surface area contributed by atoms with Crippen molar-refractivity contribution < 1.29 is 14.5 Å². The molecule has 0 aliphatic heterocycles. The zero-order valence-corrected chi connectivity index (χ0v) is 10.6. The van der Waals surface area contributed by atoms with Crippen molar-refractivity contribution in [3.63, 3.8) is 0 Å². The smallest absolute Gasteiger partial charge is 0.333 e. The number of carbonyl (C=O) groups excluding carboxylic acids is 1. The highest BCUT2D eigenvalue weighted by Gasteiger charge is 2.11. The van der Waals surface area contributed by atoms with Crippen LogP contribution in [0.25, 0.3) is 6.08 Å². The van der Waals surface area contributed by atoms with Gasteiger partial charge in [-0.1, -0.05) is 12.1 Å². The lowest BCUT2D eigenvalue weighted by atomic mass is 10.1. The van der Waals surface area contributed by atoms with Crippen LogP contribution in [-0.2, 0) is 9.53 Å². The zero-order valence-electron chi connectivity index (χ0n) is 10.6. The van der Waals surface area contributed by atoms with Crippen molar-refractivity contribution in [2.75, 3.05) is 6.61 Å². The largest absolute Gasteiger partial charge is 0.463 e. The van der Waals surface area contributed by atoms with E-state index in [-0.39, 0.29) is 5.69 Å². The summed E-state index contributed by atoms with van der Waals surface area (Å²) in [5.74, 6) is -0.416. The van der Waals surface area contributed by atoms with Crippen LogP contribution in [0.4, 0.5) is 5.69 Å². The van der Waals surface area contributed by atoms with Crippen LogP contribution in [0.5, 0.6) is 0 Å². The molecule has 0 aromatic heterocycles. The first-order valence-corrected chi connectivity index (χ1v) is 5.56. The van der Waals surface area contributed by atoms with E-state index in [2.05, 4.69) is 0 Å². The molecule has 0 saturated heterocycles. The van der Waals surface area contributed by atoms with E-state index in [1.807, 2.05) is 0 Å². The van der Waals surface area contributed by atoms with E-state index >= 15 is 0 Å². The summed E-state index contributed by atoms with van der Waals surface area (Å²) in [4.78, 5) is 21.8. The molecule has 0 aliphatic rings. The number of aryl methyl sites for hydroxylation is 1. The predicted molar refractivity (Wildman–Crippen MR) is 68.1 cm³/mol. The molecule has 0 amide bonds. The number of nitro benzene ring substituents is 1. The molecule has 0 saturated carbocycles. The molecule has 96 valence electrons. The van der Waals surface area contributed by atoms with Crippen LogP contribution in [0, 0.1) is 17.0 Å². The summed E-state index contributed by atoms with van der Waals surface area (Å²) >= 11 is 0. The van der Waals surface area contributed by atoms with Crippen LogP contribution in [0.15, 0.2) is 23.8 Å². The Bertz CT molecular complexity index is 506. The van der Waals surface area contributed by atoms with Crippen molar-refractivity contribution in [3.05, 3.63) is 45.0 Å². The highest BCUT2D eigenvalue weighted by molar-refractivity contribution is 5.93. The average molecular weight is 249 g/mol. The minimum Gasteiger partial charge on any atom is -0.463 e. The Balaban J connectivity index is 3.05. The molecule has 0 N–H and O–H groups in total. The van der Waals surface area contributed by atoms with Gasteiger partial charge >= 0.3 is 5.97 Å². The standard InChI is InChI=1S/C13H15NO4/c1-4-18-13(15)10(3)7-11-6-5-9(2)12(8-11)14(16)17/h5-8H,4H2,1-3H3/b10-7+. The van der Waals surface area contributed by atoms with E-state index in [4.69, 9.17) is 4.74 Å². The highest BCUT2D eigenvalue weighted by Crippen LogP contribution is 2.20. The second-order valence-corrected chi connectivity index (χ2v) is 3.85. The molecule has 0 aliphatic carbocycles. The minimum absolute atomic E-state index is 0.0420. The number of nitro groups is 1. The fraction of sp³-hybridized carbons (Fsp3) is 0.308. The number of benzene rings is 1. The second kappa shape index (κ2) is 5.95. The van der Waals surface area contributed by atoms with Crippen molar-refractivity contribution in [1.29, 1.82) is 0 Å². The Morgan fingerprint density at radius 1 is 1.50 bits per heavy atom. The van der Waals surface area contributed by atoms with Gasteiger partial charge in [-0.3, -0.25) is 10.1 Å².